The van der Waals surface area contributed by atoms with Crippen LogP contribution in [0.1, 0.15) is 5.56 Å². The van der Waals surface area contributed by atoms with Gasteiger partial charge in [-0.1, -0.05) is 12.1 Å². The third-order valence-corrected chi connectivity index (χ3v) is 4.53. The summed E-state index contributed by atoms with van der Waals surface area (Å²) in [5.41, 5.74) is 3.93. The van der Waals surface area contributed by atoms with Gasteiger partial charge in [0, 0.05) is 16.8 Å². The lowest BCUT2D eigenvalue weighted by molar-refractivity contribution is 0.414. The molecule has 0 aliphatic rings. The van der Waals surface area contributed by atoms with Gasteiger partial charge in [0.25, 0.3) is 0 Å². The van der Waals surface area contributed by atoms with E-state index < -0.39 is 0 Å². The lowest BCUT2D eigenvalue weighted by atomic mass is 10.2. The zero-order chi connectivity index (χ0) is 13.1. The maximum Gasteiger partial charge on any atom is 0.170 e. The van der Waals surface area contributed by atoms with E-state index in [1.807, 2.05) is 23.8 Å². The molecule has 0 saturated carbocycles. The number of rotatable bonds is 4. The monoisotopic (exact) mass is 288 g/mol. The van der Waals surface area contributed by atoms with Gasteiger partial charge >= 0.3 is 0 Å². The first kappa shape index (κ1) is 12.4. The maximum absolute atomic E-state index is 5.15. The molecule has 0 amide bonds. The van der Waals surface area contributed by atoms with Crippen LogP contribution in [0, 0.1) is 0 Å². The number of nitrogens with zero attached hydrogens (tertiary/aromatic N) is 2. The number of pyridine rings is 1. The normalized spacial score (nSPS) is 10.8. The minimum Gasteiger partial charge on any atom is -0.497 e. The van der Waals surface area contributed by atoms with Crippen molar-refractivity contribution in [3.63, 3.8) is 0 Å². The molecule has 0 atom stereocenters. The Bertz CT molecular complexity index is 679. The van der Waals surface area contributed by atoms with Crippen molar-refractivity contribution in [3.05, 3.63) is 47.6 Å². The SMILES string of the molecule is COc1ccc(CSc2cnc3ncsc3c2)cc1. The second-order valence-electron chi connectivity index (χ2n) is 3.98. The molecular weight excluding hydrogens is 276 g/mol. The van der Waals surface area contributed by atoms with Gasteiger partial charge in [0.15, 0.2) is 5.65 Å². The van der Waals surface area contributed by atoms with Crippen LogP contribution in [0.4, 0.5) is 0 Å². The van der Waals surface area contributed by atoms with Gasteiger partial charge in [-0.15, -0.1) is 23.1 Å². The number of fused-ring (bicyclic) bond motifs is 1. The zero-order valence-corrected chi connectivity index (χ0v) is 12.0. The average Bonchev–Trinajstić information content (AvgIpc) is 2.93. The van der Waals surface area contributed by atoms with Crippen molar-refractivity contribution in [2.45, 2.75) is 10.6 Å². The standard InChI is InChI=1S/C14H12N2OS2/c1-17-11-4-2-10(3-5-11)8-18-12-6-13-14(15-7-12)16-9-19-13/h2-7,9H,8H2,1H3. The topological polar surface area (TPSA) is 35.0 Å². The summed E-state index contributed by atoms with van der Waals surface area (Å²) in [6.45, 7) is 0. The first-order valence-electron chi connectivity index (χ1n) is 5.80. The van der Waals surface area contributed by atoms with Crippen molar-refractivity contribution < 1.29 is 4.74 Å². The summed E-state index contributed by atoms with van der Waals surface area (Å²) >= 11 is 3.41. The molecule has 0 bridgehead atoms. The Balaban J connectivity index is 1.70. The van der Waals surface area contributed by atoms with Gasteiger partial charge in [0.2, 0.25) is 0 Å². The third-order valence-electron chi connectivity index (χ3n) is 2.73. The van der Waals surface area contributed by atoms with Gasteiger partial charge in [-0.2, -0.15) is 0 Å². The largest absolute Gasteiger partial charge is 0.497 e. The van der Waals surface area contributed by atoms with Gasteiger partial charge < -0.3 is 4.74 Å². The van der Waals surface area contributed by atoms with Crippen molar-refractivity contribution in [1.82, 2.24) is 9.97 Å². The summed E-state index contributed by atoms with van der Waals surface area (Å²) in [6.07, 6.45) is 1.89. The predicted octanol–water partition coefficient (Wildman–Crippen LogP) is 3.99. The number of aromatic nitrogens is 2. The molecule has 5 heteroatoms. The van der Waals surface area contributed by atoms with Gasteiger partial charge in [0.05, 0.1) is 17.3 Å². The lowest BCUT2D eigenvalue weighted by Crippen LogP contribution is -1.85. The van der Waals surface area contributed by atoms with E-state index in [2.05, 4.69) is 28.2 Å². The van der Waals surface area contributed by atoms with Crippen molar-refractivity contribution >= 4 is 33.4 Å². The molecule has 19 heavy (non-hydrogen) atoms. The zero-order valence-electron chi connectivity index (χ0n) is 10.4. The predicted molar refractivity (Wildman–Crippen MR) is 80.0 cm³/mol. The number of hydrogen-bond acceptors (Lipinski definition) is 5. The van der Waals surface area contributed by atoms with E-state index in [1.54, 1.807) is 30.2 Å². The van der Waals surface area contributed by atoms with Crippen LogP contribution in [0.5, 0.6) is 5.75 Å². The number of thiazole rings is 1. The second-order valence-corrected chi connectivity index (χ2v) is 5.92. The maximum atomic E-state index is 5.15. The van der Waals surface area contributed by atoms with Crippen LogP contribution < -0.4 is 4.74 Å². The molecule has 0 unspecified atom stereocenters. The molecule has 1 aromatic carbocycles. The molecule has 2 heterocycles. The lowest BCUT2D eigenvalue weighted by Gasteiger charge is -2.03. The fraction of sp³-hybridized carbons (Fsp3) is 0.143. The van der Waals surface area contributed by atoms with Crippen molar-refractivity contribution in [1.29, 1.82) is 0 Å². The van der Waals surface area contributed by atoms with Crippen LogP contribution in [0.15, 0.2) is 46.9 Å². The molecule has 0 aliphatic heterocycles. The van der Waals surface area contributed by atoms with Crippen LogP contribution >= 0.6 is 23.1 Å². The Morgan fingerprint density at radius 1 is 1.21 bits per heavy atom. The number of methoxy groups -OCH3 is 1. The Hall–Kier alpha value is -1.59. The summed E-state index contributed by atoms with van der Waals surface area (Å²) in [6, 6.07) is 10.3. The van der Waals surface area contributed by atoms with Gasteiger partial charge in [-0.3, -0.25) is 0 Å². The van der Waals surface area contributed by atoms with Crippen molar-refractivity contribution in [3.8, 4) is 5.75 Å². The van der Waals surface area contributed by atoms with Crippen LogP contribution in [-0.4, -0.2) is 17.1 Å². The first-order valence-corrected chi connectivity index (χ1v) is 7.66. The van der Waals surface area contributed by atoms with Crippen LogP contribution in [0.25, 0.3) is 10.3 Å². The van der Waals surface area contributed by atoms with Gasteiger partial charge in [0.1, 0.15) is 5.75 Å². The minimum absolute atomic E-state index is 0.832. The highest BCUT2D eigenvalue weighted by atomic mass is 32.2. The fourth-order valence-corrected chi connectivity index (χ4v) is 3.30. The van der Waals surface area contributed by atoms with E-state index in [1.165, 1.54) is 10.5 Å². The molecule has 0 radical (unpaired) electrons. The number of thioether (sulfide) groups is 1. The minimum atomic E-state index is 0.832. The molecule has 0 N–H and O–H groups in total. The van der Waals surface area contributed by atoms with E-state index in [0.717, 1.165) is 21.8 Å². The summed E-state index contributed by atoms with van der Waals surface area (Å²) < 4.78 is 6.29. The van der Waals surface area contributed by atoms with E-state index in [-0.39, 0.29) is 0 Å². The molecule has 2 aromatic heterocycles. The first-order chi connectivity index (χ1) is 9.35. The summed E-state index contributed by atoms with van der Waals surface area (Å²) in [5, 5.41) is 0. The average molecular weight is 288 g/mol. The molecule has 0 aliphatic carbocycles. The molecule has 0 spiro atoms. The number of benzene rings is 1. The Morgan fingerprint density at radius 2 is 2.05 bits per heavy atom. The molecule has 0 saturated heterocycles. The quantitative estimate of drug-likeness (QED) is 0.680. The third kappa shape index (κ3) is 2.88. The van der Waals surface area contributed by atoms with Gasteiger partial charge in [-0.25, -0.2) is 9.97 Å². The molecule has 3 nitrogen and oxygen atoms in total. The van der Waals surface area contributed by atoms with Crippen LogP contribution in [0.3, 0.4) is 0 Å². The Kier molecular flexibility index (Phi) is 3.66. The van der Waals surface area contributed by atoms with E-state index in [9.17, 15) is 0 Å². The highest BCUT2D eigenvalue weighted by Gasteiger charge is 2.02. The summed E-state index contributed by atoms with van der Waals surface area (Å²) in [4.78, 5) is 9.69. The molecular formula is C14H12N2OS2. The molecule has 3 aromatic rings. The van der Waals surface area contributed by atoms with E-state index in [4.69, 9.17) is 4.74 Å². The van der Waals surface area contributed by atoms with E-state index >= 15 is 0 Å². The van der Waals surface area contributed by atoms with Crippen molar-refractivity contribution in [2.24, 2.45) is 0 Å². The van der Waals surface area contributed by atoms with Gasteiger partial charge in [-0.05, 0) is 23.8 Å². The smallest absolute Gasteiger partial charge is 0.170 e. The van der Waals surface area contributed by atoms with Crippen LogP contribution in [0.2, 0.25) is 0 Å². The molecule has 3 rings (SSSR count). The highest BCUT2D eigenvalue weighted by Crippen LogP contribution is 2.26. The Morgan fingerprint density at radius 3 is 2.84 bits per heavy atom. The highest BCUT2D eigenvalue weighted by molar-refractivity contribution is 7.98. The molecule has 0 fully saturated rings. The van der Waals surface area contributed by atoms with Crippen molar-refractivity contribution in [2.75, 3.05) is 7.11 Å². The summed E-state index contributed by atoms with van der Waals surface area (Å²) in [7, 11) is 1.68. The number of hydrogen-bond donors (Lipinski definition) is 0. The fourth-order valence-electron chi connectivity index (χ4n) is 1.70. The Labute approximate surface area is 119 Å². The number of ether oxygens (including phenoxy) is 1. The van der Waals surface area contributed by atoms with Crippen LogP contribution in [-0.2, 0) is 5.75 Å². The summed E-state index contributed by atoms with van der Waals surface area (Å²) in [5.74, 6) is 1.82. The second kappa shape index (κ2) is 5.59. The molecule has 96 valence electrons. The van der Waals surface area contributed by atoms with E-state index in [0.29, 0.717) is 0 Å².